The number of nitrogens with one attached hydrogen (secondary N) is 1. The molecule has 0 saturated carbocycles. The number of carbonyl (C=O) groups excluding carboxylic acids is 3. The van der Waals surface area contributed by atoms with E-state index in [1.807, 2.05) is 32.0 Å². The van der Waals surface area contributed by atoms with Crippen molar-refractivity contribution in [1.82, 2.24) is 4.90 Å². The minimum absolute atomic E-state index is 0.199. The van der Waals surface area contributed by atoms with Crippen LogP contribution >= 0.6 is 11.3 Å². The van der Waals surface area contributed by atoms with Gasteiger partial charge in [0.15, 0.2) is 0 Å². The minimum Gasteiger partial charge on any atom is -0.462 e. The summed E-state index contributed by atoms with van der Waals surface area (Å²) in [4.78, 5) is 40.0. The van der Waals surface area contributed by atoms with E-state index in [4.69, 9.17) is 9.47 Å². The number of esters is 1. The van der Waals surface area contributed by atoms with E-state index in [9.17, 15) is 14.4 Å². The fourth-order valence-electron chi connectivity index (χ4n) is 3.55. The van der Waals surface area contributed by atoms with Gasteiger partial charge < -0.3 is 19.7 Å². The summed E-state index contributed by atoms with van der Waals surface area (Å²) in [7, 11) is 0. The number of amides is 2. The maximum absolute atomic E-state index is 12.7. The third-order valence-electron chi connectivity index (χ3n) is 5.25. The van der Waals surface area contributed by atoms with Gasteiger partial charge in [-0.3, -0.25) is 4.79 Å². The number of fused-ring (bicyclic) bond motifs is 1. The summed E-state index contributed by atoms with van der Waals surface area (Å²) in [6.45, 7) is 8.90. The van der Waals surface area contributed by atoms with Crippen LogP contribution < -0.4 is 5.32 Å². The van der Waals surface area contributed by atoms with Gasteiger partial charge in [-0.05, 0) is 56.4 Å². The highest BCUT2D eigenvalue weighted by atomic mass is 32.1. The molecule has 31 heavy (non-hydrogen) atoms. The lowest BCUT2D eigenvalue weighted by atomic mass is 10.0. The summed E-state index contributed by atoms with van der Waals surface area (Å²) >= 11 is 1.32. The van der Waals surface area contributed by atoms with Crippen LogP contribution in [0.3, 0.4) is 0 Å². The van der Waals surface area contributed by atoms with Crippen molar-refractivity contribution < 1.29 is 23.9 Å². The second-order valence-electron chi connectivity index (χ2n) is 7.44. The molecule has 0 atom stereocenters. The van der Waals surface area contributed by atoms with Gasteiger partial charge >= 0.3 is 12.1 Å². The Labute approximate surface area is 186 Å². The number of carbonyl (C=O) groups is 3. The zero-order chi connectivity index (χ0) is 22.5. The van der Waals surface area contributed by atoms with Crippen molar-refractivity contribution in [1.29, 1.82) is 0 Å². The average Bonchev–Trinajstić information content (AvgIpc) is 3.07. The fourth-order valence-corrected chi connectivity index (χ4v) is 4.82. The van der Waals surface area contributed by atoms with Crippen molar-refractivity contribution >= 4 is 34.3 Å². The third kappa shape index (κ3) is 5.25. The molecule has 0 fully saturated rings. The van der Waals surface area contributed by atoms with Gasteiger partial charge in [0.2, 0.25) is 5.91 Å². The number of hydrogen-bond acceptors (Lipinski definition) is 6. The van der Waals surface area contributed by atoms with Gasteiger partial charge in [0.25, 0.3) is 0 Å². The number of benzene rings is 1. The number of rotatable bonds is 6. The van der Waals surface area contributed by atoms with Crippen LogP contribution in [0.5, 0.6) is 0 Å². The van der Waals surface area contributed by atoms with Gasteiger partial charge in [0.05, 0.1) is 31.7 Å². The zero-order valence-electron chi connectivity index (χ0n) is 18.4. The molecule has 8 heteroatoms. The molecule has 2 amide bonds. The number of aryl methyl sites for hydroxylation is 2. The van der Waals surface area contributed by atoms with Crippen molar-refractivity contribution in [3.05, 3.63) is 50.9 Å². The predicted molar refractivity (Wildman–Crippen MR) is 120 cm³/mol. The molecule has 0 radical (unpaired) electrons. The Balaban J connectivity index is 1.83. The normalized spacial score (nSPS) is 12.8. The Morgan fingerprint density at radius 3 is 2.52 bits per heavy atom. The Morgan fingerprint density at radius 2 is 1.84 bits per heavy atom. The summed E-state index contributed by atoms with van der Waals surface area (Å²) in [5, 5.41) is 3.38. The molecule has 1 aliphatic rings. The quantitative estimate of drug-likeness (QED) is 0.674. The lowest BCUT2D eigenvalue weighted by molar-refractivity contribution is -0.115. The van der Waals surface area contributed by atoms with Crippen LogP contribution in [0.15, 0.2) is 18.2 Å². The molecule has 1 aliphatic heterocycles. The lowest BCUT2D eigenvalue weighted by Crippen LogP contribution is -2.36. The molecule has 2 heterocycles. The highest BCUT2D eigenvalue weighted by Crippen LogP contribution is 2.38. The second-order valence-corrected chi connectivity index (χ2v) is 8.55. The van der Waals surface area contributed by atoms with Crippen LogP contribution in [0.4, 0.5) is 9.80 Å². The second kappa shape index (κ2) is 9.96. The molecular weight excluding hydrogens is 416 g/mol. The molecule has 0 unspecified atom stereocenters. The Hall–Kier alpha value is -2.87. The minimum atomic E-state index is -0.453. The van der Waals surface area contributed by atoms with Gasteiger partial charge in [-0.2, -0.15) is 0 Å². The number of hydrogen-bond donors (Lipinski definition) is 1. The van der Waals surface area contributed by atoms with Crippen LogP contribution in [0.1, 0.15) is 51.3 Å². The van der Waals surface area contributed by atoms with Crippen molar-refractivity contribution in [2.75, 3.05) is 25.1 Å². The van der Waals surface area contributed by atoms with Crippen molar-refractivity contribution in [2.24, 2.45) is 0 Å². The highest BCUT2D eigenvalue weighted by Gasteiger charge is 2.31. The van der Waals surface area contributed by atoms with Gasteiger partial charge in [0, 0.05) is 11.4 Å². The first-order chi connectivity index (χ1) is 14.8. The Kier molecular flexibility index (Phi) is 7.33. The fraction of sp³-hybridized carbons (Fsp3) is 0.435. The summed E-state index contributed by atoms with van der Waals surface area (Å²) in [6.07, 6.45) is 0.340. The monoisotopic (exact) mass is 444 g/mol. The number of ether oxygens (including phenoxy) is 2. The highest BCUT2D eigenvalue weighted by molar-refractivity contribution is 7.17. The first kappa shape index (κ1) is 22.8. The van der Waals surface area contributed by atoms with E-state index < -0.39 is 5.97 Å². The van der Waals surface area contributed by atoms with Crippen molar-refractivity contribution in [2.45, 2.75) is 47.1 Å². The van der Waals surface area contributed by atoms with Crippen LogP contribution in [0.25, 0.3) is 0 Å². The van der Waals surface area contributed by atoms with Gasteiger partial charge in [-0.1, -0.05) is 18.2 Å². The number of nitrogens with zero attached hydrogens (tertiary/aromatic N) is 1. The molecule has 1 aromatic heterocycles. The molecule has 0 spiro atoms. The van der Waals surface area contributed by atoms with E-state index in [1.54, 1.807) is 18.7 Å². The van der Waals surface area contributed by atoms with E-state index in [0.717, 1.165) is 21.6 Å². The lowest BCUT2D eigenvalue weighted by Gasteiger charge is -2.26. The van der Waals surface area contributed by atoms with Gasteiger partial charge in [-0.25, -0.2) is 9.59 Å². The summed E-state index contributed by atoms with van der Waals surface area (Å²) in [5.74, 6) is -0.652. The standard InChI is InChI=1S/C23H28N2O5S/c1-5-29-22(27)20-17-9-10-25(23(28)30-6-2)13-18(17)31-21(20)24-19(26)12-16-8-7-14(3)15(4)11-16/h7-8,11H,5-6,9-10,12-13H2,1-4H3,(H,24,26). The van der Waals surface area contributed by atoms with Crippen molar-refractivity contribution in [3.63, 3.8) is 0 Å². The Bertz CT molecular complexity index is 998. The largest absolute Gasteiger partial charge is 0.462 e. The average molecular weight is 445 g/mol. The molecule has 1 N–H and O–H groups in total. The molecule has 3 rings (SSSR count). The van der Waals surface area contributed by atoms with E-state index in [2.05, 4.69) is 5.32 Å². The van der Waals surface area contributed by atoms with E-state index in [-0.39, 0.29) is 25.0 Å². The molecule has 2 aromatic rings. The molecule has 0 aliphatic carbocycles. The smallest absolute Gasteiger partial charge is 0.410 e. The first-order valence-corrected chi connectivity index (χ1v) is 11.2. The van der Waals surface area contributed by atoms with E-state index in [0.29, 0.717) is 36.7 Å². The van der Waals surface area contributed by atoms with Gasteiger partial charge in [-0.15, -0.1) is 11.3 Å². The maximum atomic E-state index is 12.7. The summed E-state index contributed by atoms with van der Waals surface area (Å²) < 4.78 is 10.3. The molecular formula is C23H28N2O5S. The predicted octanol–water partition coefficient (Wildman–Crippen LogP) is 4.24. The molecule has 0 bridgehead atoms. The molecule has 1 aromatic carbocycles. The number of thiophene rings is 1. The van der Waals surface area contributed by atoms with E-state index in [1.165, 1.54) is 16.9 Å². The summed E-state index contributed by atoms with van der Waals surface area (Å²) in [5.41, 5.74) is 4.45. The first-order valence-electron chi connectivity index (χ1n) is 10.4. The van der Waals surface area contributed by atoms with Crippen molar-refractivity contribution in [3.8, 4) is 0 Å². The number of anilines is 1. The zero-order valence-corrected chi connectivity index (χ0v) is 19.2. The SMILES string of the molecule is CCOC(=O)c1c(NC(=O)Cc2ccc(C)c(C)c2)sc2c1CCN(C(=O)OCC)C2. The van der Waals surface area contributed by atoms with Crippen LogP contribution in [0.2, 0.25) is 0 Å². The third-order valence-corrected chi connectivity index (χ3v) is 6.38. The molecule has 166 valence electrons. The topological polar surface area (TPSA) is 84.9 Å². The van der Waals surface area contributed by atoms with Crippen LogP contribution in [-0.4, -0.2) is 42.6 Å². The van der Waals surface area contributed by atoms with Crippen LogP contribution in [-0.2, 0) is 33.7 Å². The maximum Gasteiger partial charge on any atom is 0.410 e. The molecule has 0 saturated heterocycles. The van der Waals surface area contributed by atoms with Crippen LogP contribution in [0, 0.1) is 13.8 Å². The summed E-state index contributed by atoms with van der Waals surface area (Å²) in [6, 6.07) is 5.93. The van der Waals surface area contributed by atoms with E-state index >= 15 is 0 Å². The van der Waals surface area contributed by atoms with Gasteiger partial charge in [0.1, 0.15) is 5.00 Å². The Morgan fingerprint density at radius 1 is 1.10 bits per heavy atom. The molecule has 7 nitrogen and oxygen atoms in total.